The molecular weight excluding hydrogens is 352 g/mol. The molecule has 1 atom stereocenters. The quantitative estimate of drug-likeness (QED) is 0.714. The minimum absolute atomic E-state index is 0.0431. The van der Waals surface area contributed by atoms with E-state index in [1.807, 2.05) is 30.3 Å². The van der Waals surface area contributed by atoms with Gasteiger partial charge in [0.1, 0.15) is 5.75 Å². The van der Waals surface area contributed by atoms with Crippen molar-refractivity contribution in [1.29, 1.82) is 0 Å². The Balaban J connectivity index is 1.41. The van der Waals surface area contributed by atoms with Gasteiger partial charge in [-0.15, -0.1) is 0 Å². The highest BCUT2D eigenvalue weighted by Crippen LogP contribution is 2.24. The highest BCUT2D eigenvalue weighted by atomic mass is 16.5. The van der Waals surface area contributed by atoms with Crippen LogP contribution >= 0.6 is 0 Å². The summed E-state index contributed by atoms with van der Waals surface area (Å²) in [5.74, 6) is 1.69. The number of amides is 1. The molecule has 2 N–H and O–H groups in total. The summed E-state index contributed by atoms with van der Waals surface area (Å²) in [5.41, 5.74) is 4.19. The lowest BCUT2D eigenvalue weighted by Crippen LogP contribution is -2.43. The van der Waals surface area contributed by atoms with Gasteiger partial charge in [-0.3, -0.25) is 4.79 Å². The molecule has 1 amide bonds. The Morgan fingerprint density at radius 1 is 1.32 bits per heavy atom. The highest BCUT2D eigenvalue weighted by molar-refractivity contribution is 5.80. The van der Waals surface area contributed by atoms with Gasteiger partial charge in [-0.05, 0) is 43.5 Å². The Morgan fingerprint density at radius 2 is 2.18 bits per heavy atom. The van der Waals surface area contributed by atoms with Crippen molar-refractivity contribution in [3.8, 4) is 5.75 Å². The molecule has 4 rings (SSSR count). The molecule has 28 heavy (non-hydrogen) atoms. The highest BCUT2D eigenvalue weighted by Gasteiger charge is 2.27. The number of hydrogen-bond donors (Lipinski definition) is 2. The van der Waals surface area contributed by atoms with Crippen molar-refractivity contribution in [2.45, 2.75) is 26.3 Å². The van der Waals surface area contributed by atoms with Crippen LogP contribution in [0.4, 0.5) is 5.95 Å². The second-order valence-electron chi connectivity index (χ2n) is 7.40. The van der Waals surface area contributed by atoms with Crippen LogP contribution in [0.5, 0.6) is 5.75 Å². The normalized spacial score (nSPS) is 16.9. The monoisotopic (exact) mass is 378 g/mol. The first kappa shape index (κ1) is 18.3. The maximum absolute atomic E-state index is 12.8. The van der Waals surface area contributed by atoms with E-state index in [9.17, 15) is 4.79 Å². The number of carbonyl (C=O) groups is 1. The average Bonchev–Trinajstić information content (AvgIpc) is 3.15. The van der Waals surface area contributed by atoms with E-state index in [4.69, 9.17) is 9.72 Å². The summed E-state index contributed by atoms with van der Waals surface area (Å²) in [6.07, 6.45) is 1.87. The number of anilines is 1. The average molecular weight is 378 g/mol. The number of aryl methyl sites for hydroxylation is 1. The molecule has 0 aliphatic carbocycles. The molecule has 1 aromatic heterocycles. The van der Waals surface area contributed by atoms with E-state index in [-0.39, 0.29) is 11.8 Å². The number of methoxy groups -OCH3 is 1. The minimum atomic E-state index is -0.0431. The Labute approximate surface area is 164 Å². The summed E-state index contributed by atoms with van der Waals surface area (Å²) >= 11 is 0. The number of nitrogens with zero attached hydrogens (tertiary/aromatic N) is 2. The molecule has 1 fully saturated rings. The van der Waals surface area contributed by atoms with Crippen LogP contribution in [0.2, 0.25) is 0 Å². The molecule has 0 radical (unpaired) electrons. The van der Waals surface area contributed by atoms with Crippen molar-refractivity contribution >= 4 is 22.9 Å². The number of carbonyl (C=O) groups excluding carboxylic acids is 1. The second-order valence-corrected chi connectivity index (χ2v) is 7.40. The zero-order chi connectivity index (χ0) is 19.5. The Morgan fingerprint density at radius 3 is 3.04 bits per heavy atom. The number of benzene rings is 2. The number of aromatic nitrogens is 2. The Bertz CT molecular complexity index is 982. The molecule has 6 heteroatoms. The van der Waals surface area contributed by atoms with Crippen LogP contribution in [-0.4, -0.2) is 36.1 Å². The first-order valence-electron chi connectivity index (χ1n) is 9.75. The number of ether oxygens (including phenoxy) is 1. The van der Waals surface area contributed by atoms with Crippen LogP contribution in [-0.2, 0) is 11.3 Å². The molecule has 2 heterocycles. The molecule has 6 nitrogen and oxygen atoms in total. The fraction of sp³-hybridized carbons (Fsp3) is 0.364. The molecule has 0 saturated carbocycles. The van der Waals surface area contributed by atoms with Gasteiger partial charge < -0.3 is 19.9 Å². The van der Waals surface area contributed by atoms with E-state index in [1.165, 1.54) is 5.56 Å². The van der Waals surface area contributed by atoms with Gasteiger partial charge >= 0.3 is 0 Å². The third-order valence-electron chi connectivity index (χ3n) is 5.36. The number of aromatic amines is 1. The molecule has 1 aliphatic rings. The standard InChI is InChI=1S/C22H26N4O2/c1-15-9-10-18-19(12-15)25-22(24-18)26-11-5-7-17(14-26)21(27)23-13-16-6-3-4-8-20(16)28-2/h3-4,6,8-10,12,17H,5,7,11,13-14H2,1-2H3,(H,23,27)(H,24,25). The lowest BCUT2D eigenvalue weighted by atomic mass is 9.97. The van der Waals surface area contributed by atoms with Crippen molar-refractivity contribution < 1.29 is 9.53 Å². The number of hydrogen-bond acceptors (Lipinski definition) is 4. The summed E-state index contributed by atoms with van der Waals surface area (Å²) in [4.78, 5) is 23.1. The summed E-state index contributed by atoms with van der Waals surface area (Å²) in [7, 11) is 1.65. The maximum Gasteiger partial charge on any atom is 0.225 e. The maximum atomic E-state index is 12.8. The van der Waals surface area contributed by atoms with Crippen LogP contribution in [0.25, 0.3) is 11.0 Å². The van der Waals surface area contributed by atoms with E-state index in [0.29, 0.717) is 13.1 Å². The summed E-state index contributed by atoms with van der Waals surface area (Å²) in [5, 5.41) is 3.07. The van der Waals surface area contributed by atoms with Gasteiger partial charge in [-0.2, -0.15) is 0 Å². The molecule has 0 bridgehead atoms. The van der Waals surface area contributed by atoms with Gasteiger partial charge in [0.25, 0.3) is 0 Å². The van der Waals surface area contributed by atoms with Crippen molar-refractivity contribution in [2.75, 3.05) is 25.1 Å². The lowest BCUT2D eigenvalue weighted by molar-refractivity contribution is -0.125. The fourth-order valence-corrected chi connectivity index (χ4v) is 3.82. The van der Waals surface area contributed by atoms with E-state index >= 15 is 0 Å². The largest absolute Gasteiger partial charge is 0.496 e. The minimum Gasteiger partial charge on any atom is -0.496 e. The van der Waals surface area contributed by atoms with E-state index in [1.54, 1.807) is 7.11 Å². The predicted molar refractivity (Wildman–Crippen MR) is 111 cm³/mol. The summed E-state index contributed by atoms with van der Waals surface area (Å²) in [6, 6.07) is 14.0. The zero-order valence-electron chi connectivity index (χ0n) is 16.4. The predicted octanol–water partition coefficient (Wildman–Crippen LogP) is 3.41. The van der Waals surface area contributed by atoms with Gasteiger partial charge in [-0.1, -0.05) is 24.3 Å². The van der Waals surface area contributed by atoms with E-state index < -0.39 is 0 Å². The van der Waals surface area contributed by atoms with Crippen LogP contribution in [0.3, 0.4) is 0 Å². The Kier molecular flexibility index (Phi) is 5.19. The molecule has 1 aliphatic heterocycles. The third kappa shape index (κ3) is 3.81. The van der Waals surface area contributed by atoms with Crippen LogP contribution in [0, 0.1) is 12.8 Å². The fourth-order valence-electron chi connectivity index (χ4n) is 3.82. The molecular formula is C22H26N4O2. The lowest BCUT2D eigenvalue weighted by Gasteiger charge is -2.31. The van der Waals surface area contributed by atoms with Gasteiger partial charge in [-0.25, -0.2) is 4.98 Å². The molecule has 1 saturated heterocycles. The van der Waals surface area contributed by atoms with Crippen LogP contribution < -0.4 is 15.0 Å². The smallest absolute Gasteiger partial charge is 0.225 e. The summed E-state index contributed by atoms with van der Waals surface area (Å²) in [6.45, 7) is 4.14. The van der Waals surface area contributed by atoms with Crippen molar-refractivity contribution in [1.82, 2.24) is 15.3 Å². The number of H-pyrrole nitrogens is 1. The van der Waals surface area contributed by atoms with Crippen molar-refractivity contribution in [2.24, 2.45) is 5.92 Å². The van der Waals surface area contributed by atoms with Crippen molar-refractivity contribution in [3.05, 3.63) is 53.6 Å². The summed E-state index contributed by atoms with van der Waals surface area (Å²) < 4.78 is 5.36. The number of piperidine rings is 1. The first-order valence-corrected chi connectivity index (χ1v) is 9.75. The molecule has 0 spiro atoms. The molecule has 2 aromatic carbocycles. The van der Waals surface area contributed by atoms with Gasteiger partial charge in [0, 0.05) is 25.2 Å². The molecule has 146 valence electrons. The number of para-hydroxylation sites is 1. The number of fused-ring (bicyclic) bond motifs is 1. The van der Waals surface area contributed by atoms with E-state index in [0.717, 1.165) is 47.7 Å². The van der Waals surface area contributed by atoms with Gasteiger partial charge in [0.2, 0.25) is 11.9 Å². The van der Waals surface area contributed by atoms with E-state index in [2.05, 4.69) is 34.3 Å². The number of rotatable bonds is 5. The van der Waals surface area contributed by atoms with Gasteiger partial charge in [0.15, 0.2) is 0 Å². The molecule has 1 unspecified atom stereocenters. The number of nitrogens with one attached hydrogen (secondary N) is 2. The van der Waals surface area contributed by atoms with Crippen molar-refractivity contribution in [3.63, 3.8) is 0 Å². The first-order chi connectivity index (χ1) is 13.6. The molecule has 3 aromatic rings. The van der Waals surface area contributed by atoms with Gasteiger partial charge in [0.05, 0.1) is 24.1 Å². The van der Waals surface area contributed by atoms with Crippen LogP contribution in [0.1, 0.15) is 24.0 Å². The topological polar surface area (TPSA) is 70.2 Å². The third-order valence-corrected chi connectivity index (χ3v) is 5.36. The van der Waals surface area contributed by atoms with Crippen LogP contribution in [0.15, 0.2) is 42.5 Å². The number of imidazole rings is 1. The second kappa shape index (κ2) is 7.92. The zero-order valence-corrected chi connectivity index (χ0v) is 16.4. The SMILES string of the molecule is COc1ccccc1CNC(=O)C1CCCN(c2nc3ccc(C)cc3[nH]2)C1. The Hall–Kier alpha value is -3.02.